The van der Waals surface area contributed by atoms with Gasteiger partial charge in [0.15, 0.2) is 5.65 Å². The first-order valence-corrected chi connectivity index (χ1v) is 7.84. The maximum atomic E-state index is 12.2. The second kappa shape index (κ2) is 7.38. The van der Waals surface area contributed by atoms with Gasteiger partial charge in [0, 0.05) is 32.2 Å². The van der Waals surface area contributed by atoms with Crippen molar-refractivity contribution in [1.82, 2.24) is 24.8 Å². The highest BCUT2D eigenvalue weighted by molar-refractivity contribution is 5.92. The minimum atomic E-state index is -0.193. The summed E-state index contributed by atoms with van der Waals surface area (Å²) in [5.74, 6) is 0.318. The van der Waals surface area contributed by atoms with Gasteiger partial charge in [-0.25, -0.2) is 9.50 Å². The quantitative estimate of drug-likeness (QED) is 0.819. The standard InChI is InChI=1S/C15H21N5O3/c1-2-23-14-4-3-13-17-12(11-20(13)18-14)15(21)16-5-6-19-7-9-22-10-8-19/h3-4,11H,2,5-10H2,1H3,(H,16,21). The smallest absolute Gasteiger partial charge is 0.271 e. The van der Waals surface area contributed by atoms with E-state index in [1.54, 1.807) is 22.8 Å². The van der Waals surface area contributed by atoms with Gasteiger partial charge < -0.3 is 14.8 Å². The van der Waals surface area contributed by atoms with Crippen LogP contribution in [0.15, 0.2) is 18.3 Å². The number of fused-ring (bicyclic) bond motifs is 1. The Kier molecular flexibility index (Phi) is 5.04. The van der Waals surface area contributed by atoms with Gasteiger partial charge in [-0.3, -0.25) is 9.69 Å². The Morgan fingerprint density at radius 2 is 2.22 bits per heavy atom. The van der Waals surface area contributed by atoms with Crippen molar-refractivity contribution in [2.75, 3.05) is 46.0 Å². The topological polar surface area (TPSA) is 81.0 Å². The highest BCUT2D eigenvalue weighted by Gasteiger charge is 2.13. The summed E-state index contributed by atoms with van der Waals surface area (Å²) < 4.78 is 12.2. The molecule has 0 atom stereocenters. The van der Waals surface area contributed by atoms with E-state index in [0.29, 0.717) is 30.4 Å². The number of carbonyl (C=O) groups excluding carboxylic acids is 1. The maximum Gasteiger partial charge on any atom is 0.271 e. The molecule has 2 aromatic rings. The van der Waals surface area contributed by atoms with Crippen LogP contribution < -0.4 is 10.1 Å². The van der Waals surface area contributed by atoms with Gasteiger partial charge in [-0.2, -0.15) is 0 Å². The first-order valence-electron chi connectivity index (χ1n) is 7.84. The van der Waals surface area contributed by atoms with Crippen LogP contribution in [0.2, 0.25) is 0 Å². The number of aromatic nitrogens is 3. The normalized spacial score (nSPS) is 15.7. The molecular formula is C15H21N5O3. The van der Waals surface area contributed by atoms with Gasteiger partial charge in [0.05, 0.1) is 26.0 Å². The molecule has 0 saturated carbocycles. The fourth-order valence-electron chi connectivity index (χ4n) is 2.44. The van der Waals surface area contributed by atoms with Crippen molar-refractivity contribution in [2.45, 2.75) is 6.92 Å². The number of ether oxygens (including phenoxy) is 2. The van der Waals surface area contributed by atoms with E-state index in [0.717, 1.165) is 32.8 Å². The molecule has 3 rings (SSSR count). The molecule has 0 aromatic carbocycles. The van der Waals surface area contributed by atoms with E-state index in [-0.39, 0.29) is 5.91 Å². The van der Waals surface area contributed by atoms with Crippen molar-refractivity contribution in [3.05, 3.63) is 24.0 Å². The highest BCUT2D eigenvalue weighted by atomic mass is 16.5. The molecule has 1 fully saturated rings. The fraction of sp³-hybridized carbons (Fsp3) is 0.533. The summed E-state index contributed by atoms with van der Waals surface area (Å²) in [6.45, 7) is 7.18. The maximum absolute atomic E-state index is 12.2. The summed E-state index contributed by atoms with van der Waals surface area (Å²) in [5.41, 5.74) is 0.972. The molecule has 1 N–H and O–H groups in total. The van der Waals surface area contributed by atoms with E-state index in [9.17, 15) is 4.79 Å². The second-order valence-corrected chi connectivity index (χ2v) is 5.24. The van der Waals surface area contributed by atoms with Crippen molar-refractivity contribution in [3.8, 4) is 5.88 Å². The summed E-state index contributed by atoms with van der Waals surface area (Å²) >= 11 is 0. The number of hydrogen-bond acceptors (Lipinski definition) is 6. The van der Waals surface area contributed by atoms with Crippen LogP contribution in [0.4, 0.5) is 0 Å². The third-order valence-electron chi connectivity index (χ3n) is 3.64. The van der Waals surface area contributed by atoms with Crippen molar-refractivity contribution in [2.24, 2.45) is 0 Å². The van der Waals surface area contributed by atoms with Crippen LogP contribution in [0.5, 0.6) is 5.88 Å². The van der Waals surface area contributed by atoms with Crippen LogP contribution in [-0.4, -0.2) is 71.4 Å². The minimum Gasteiger partial charge on any atom is -0.477 e. The summed E-state index contributed by atoms with van der Waals surface area (Å²) in [6, 6.07) is 3.52. The first-order chi connectivity index (χ1) is 11.3. The first kappa shape index (κ1) is 15.7. The molecule has 1 aliphatic rings. The molecule has 0 radical (unpaired) electrons. The van der Waals surface area contributed by atoms with Crippen LogP contribution in [-0.2, 0) is 4.74 Å². The predicted octanol–water partition coefficient (Wildman–Crippen LogP) is 0.190. The van der Waals surface area contributed by atoms with Crippen LogP contribution in [0.3, 0.4) is 0 Å². The van der Waals surface area contributed by atoms with Gasteiger partial charge in [-0.1, -0.05) is 0 Å². The van der Waals surface area contributed by atoms with E-state index < -0.39 is 0 Å². The van der Waals surface area contributed by atoms with E-state index >= 15 is 0 Å². The molecule has 1 saturated heterocycles. The largest absolute Gasteiger partial charge is 0.477 e. The monoisotopic (exact) mass is 319 g/mol. The number of nitrogens with zero attached hydrogens (tertiary/aromatic N) is 4. The van der Waals surface area contributed by atoms with Crippen molar-refractivity contribution in [3.63, 3.8) is 0 Å². The third kappa shape index (κ3) is 3.96. The molecule has 23 heavy (non-hydrogen) atoms. The van der Waals surface area contributed by atoms with E-state index in [2.05, 4.69) is 20.3 Å². The molecule has 8 heteroatoms. The average Bonchev–Trinajstić information content (AvgIpc) is 2.99. The lowest BCUT2D eigenvalue weighted by atomic mass is 10.4. The van der Waals surface area contributed by atoms with Gasteiger partial charge in [0.2, 0.25) is 5.88 Å². The van der Waals surface area contributed by atoms with Gasteiger partial charge in [0.25, 0.3) is 5.91 Å². The molecule has 0 bridgehead atoms. The van der Waals surface area contributed by atoms with Crippen LogP contribution in [0, 0.1) is 0 Å². The molecule has 8 nitrogen and oxygen atoms in total. The SMILES string of the molecule is CCOc1ccc2nc(C(=O)NCCN3CCOCC3)cn2n1. The van der Waals surface area contributed by atoms with Gasteiger partial charge >= 0.3 is 0 Å². The van der Waals surface area contributed by atoms with E-state index in [4.69, 9.17) is 9.47 Å². The Bertz CT molecular complexity index is 666. The molecular weight excluding hydrogens is 298 g/mol. The zero-order valence-electron chi connectivity index (χ0n) is 13.2. The Balaban J connectivity index is 1.57. The zero-order valence-corrected chi connectivity index (χ0v) is 13.2. The Labute approximate surface area is 134 Å². The molecule has 2 aromatic heterocycles. The summed E-state index contributed by atoms with van der Waals surface area (Å²) in [7, 11) is 0. The molecule has 3 heterocycles. The van der Waals surface area contributed by atoms with Crippen molar-refractivity contribution in [1.29, 1.82) is 0 Å². The Morgan fingerprint density at radius 3 is 3.00 bits per heavy atom. The van der Waals surface area contributed by atoms with E-state index in [1.165, 1.54) is 0 Å². The van der Waals surface area contributed by atoms with E-state index in [1.807, 2.05) is 6.92 Å². The minimum absolute atomic E-state index is 0.193. The molecule has 1 amide bonds. The molecule has 0 spiro atoms. The summed E-state index contributed by atoms with van der Waals surface area (Å²) in [5, 5.41) is 7.14. The van der Waals surface area contributed by atoms with Crippen molar-refractivity contribution >= 4 is 11.6 Å². The second-order valence-electron chi connectivity index (χ2n) is 5.24. The van der Waals surface area contributed by atoms with Gasteiger partial charge in [-0.05, 0) is 13.0 Å². The molecule has 124 valence electrons. The lowest BCUT2D eigenvalue weighted by Crippen LogP contribution is -2.41. The molecule has 1 aliphatic heterocycles. The van der Waals surface area contributed by atoms with Gasteiger partial charge in [-0.15, -0.1) is 5.10 Å². The number of nitrogens with one attached hydrogen (secondary N) is 1. The Hall–Kier alpha value is -2.19. The number of rotatable bonds is 6. The lowest BCUT2D eigenvalue weighted by molar-refractivity contribution is 0.0383. The number of carbonyl (C=O) groups is 1. The Morgan fingerprint density at radius 1 is 1.39 bits per heavy atom. The fourth-order valence-corrected chi connectivity index (χ4v) is 2.44. The summed E-state index contributed by atoms with van der Waals surface area (Å²) in [6.07, 6.45) is 1.61. The predicted molar refractivity (Wildman–Crippen MR) is 83.7 cm³/mol. The lowest BCUT2D eigenvalue weighted by Gasteiger charge is -2.26. The van der Waals surface area contributed by atoms with Crippen LogP contribution in [0.1, 0.15) is 17.4 Å². The summed E-state index contributed by atoms with van der Waals surface area (Å²) in [4.78, 5) is 18.7. The van der Waals surface area contributed by atoms with Gasteiger partial charge in [0.1, 0.15) is 5.69 Å². The number of imidazole rings is 1. The number of morpholine rings is 1. The average molecular weight is 319 g/mol. The zero-order chi connectivity index (χ0) is 16.1. The molecule has 0 aliphatic carbocycles. The van der Waals surface area contributed by atoms with Crippen LogP contribution in [0.25, 0.3) is 5.65 Å². The highest BCUT2D eigenvalue weighted by Crippen LogP contribution is 2.09. The van der Waals surface area contributed by atoms with Crippen molar-refractivity contribution < 1.29 is 14.3 Å². The molecule has 0 unspecified atom stereocenters. The number of hydrogen-bond donors (Lipinski definition) is 1. The number of amides is 1. The third-order valence-corrected chi connectivity index (χ3v) is 3.64. The van der Waals surface area contributed by atoms with Crippen LogP contribution >= 0.6 is 0 Å².